The first kappa shape index (κ1) is 43.3. The summed E-state index contributed by atoms with van der Waals surface area (Å²) >= 11 is 0. The minimum atomic E-state index is -5.07. The summed E-state index contributed by atoms with van der Waals surface area (Å²) in [7, 11) is 3.00. The number of nitrogens with one attached hydrogen (secondary N) is 4. The van der Waals surface area contributed by atoms with Gasteiger partial charge in [0.1, 0.15) is 13.1 Å². The van der Waals surface area contributed by atoms with E-state index in [0.717, 1.165) is 10.9 Å². The van der Waals surface area contributed by atoms with E-state index >= 15 is 0 Å². The van der Waals surface area contributed by atoms with Crippen LogP contribution in [0.3, 0.4) is 0 Å². The summed E-state index contributed by atoms with van der Waals surface area (Å²) in [6, 6.07) is 15.8. The van der Waals surface area contributed by atoms with E-state index in [1.54, 1.807) is 49.5 Å². The normalized spacial score (nSPS) is 11.7. The van der Waals surface area contributed by atoms with Crippen LogP contribution >= 0.6 is 0 Å². The molecule has 15 nitrogen and oxygen atoms in total. The lowest BCUT2D eigenvalue weighted by atomic mass is 9.97. The lowest BCUT2D eigenvalue weighted by Crippen LogP contribution is -2.42. The Morgan fingerprint density at radius 3 is 2.32 bits per heavy atom. The number of carbonyl (C=O) groups is 5. The number of pyridine rings is 1. The number of halogens is 3. The van der Waals surface area contributed by atoms with Crippen molar-refractivity contribution >= 4 is 68.6 Å². The van der Waals surface area contributed by atoms with E-state index in [4.69, 9.17) is 21.9 Å². The van der Waals surface area contributed by atoms with Crippen LogP contribution in [0.1, 0.15) is 55.3 Å². The molecule has 0 aliphatic rings. The number of nitrogens with zero attached hydrogens (tertiary/aromatic N) is 2. The molecule has 0 saturated heterocycles. The summed E-state index contributed by atoms with van der Waals surface area (Å²) < 4.78 is 45.8. The van der Waals surface area contributed by atoms with E-state index in [2.05, 4.69) is 20.9 Å². The third-order valence-electron chi connectivity index (χ3n) is 9.00. The number of nitrogens with two attached hydrogens (primary N) is 3. The Kier molecular flexibility index (Phi) is 15.1. The summed E-state index contributed by atoms with van der Waals surface area (Å²) in [6.07, 6.45) is -2.39. The molecule has 4 rings (SSSR count). The van der Waals surface area contributed by atoms with E-state index in [0.29, 0.717) is 65.5 Å². The molecule has 10 N–H and O–H groups in total. The second-order valence-corrected chi connectivity index (χ2v) is 13.2. The van der Waals surface area contributed by atoms with Crippen molar-refractivity contribution in [2.45, 2.75) is 57.2 Å². The fraction of sp³-hybridized carbons (Fsp3) is 0.359. The number of amides is 4. The van der Waals surface area contributed by atoms with Gasteiger partial charge in [-0.1, -0.05) is 18.6 Å². The number of unbranched alkanes of at least 4 members (excludes halogenated alkanes) is 2. The topological polar surface area (TPSA) is 237 Å². The van der Waals surface area contributed by atoms with Crippen molar-refractivity contribution in [3.63, 3.8) is 0 Å². The van der Waals surface area contributed by atoms with Crippen LogP contribution in [-0.2, 0) is 31.0 Å². The number of aromatic nitrogens is 1. The molecule has 0 fully saturated rings. The molecule has 1 unspecified atom stereocenters. The number of aliphatic imine (C=N–C) groups is 1. The number of esters is 1. The number of methoxy groups -OCH3 is 1. The van der Waals surface area contributed by atoms with Crippen LogP contribution in [-0.4, -0.2) is 74.5 Å². The first-order chi connectivity index (χ1) is 27.1. The van der Waals surface area contributed by atoms with E-state index in [-0.39, 0.29) is 55.8 Å². The molecule has 1 atom stereocenters. The van der Waals surface area contributed by atoms with Crippen molar-refractivity contribution < 1.29 is 46.4 Å². The number of guanidine groups is 1. The van der Waals surface area contributed by atoms with Crippen LogP contribution in [0.15, 0.2) is 65.7 Å². The van der Waals surface area contributed by atoms with E-state index < -0.39 is 30.0 Å². The predicted molar refractivity (Wildman–Crippen MR) is 209 cm³/mol. The number of rotatable bonds is 18. The van der Waals surface area contributed by atoms with Crippen LogP contribution in [0.2, 0.25) is 0 Å². The van der Waals surface area contributed by atoms with Crippen molar-refractivity contribution in [3.8, 4) is 11.3 Å². The fourth-order valence-corrected chi connectivity index (χ4v) is 6.22. The maximum atomic E-state index is 13.2. The molecule has 1 aromatic heterocycles. The molecule has 0 aliphatic carbocycles. The number of nitrogen functional groups attached to an aromatic ring is 1. The second-order valence-electron chi connectivity index (χ2n) is 13.2. The Hall–Kier alpha value is -6.46. The SMILES string of the molecule is COC(=O)C(CCCN=C(N)N)NC(=O)CCNC(=O)CCCCCNC(=O)c1cccc(-c2c3cc(NC(=O)C(F)(F)F)ccc3c3ccc(N)cc3[n+]2C)c1. The van der Waals surface area contributed by atoms with E-state index in [1.165, 1.54) is 19.2 Å². The number of aryl methyl sites for hydroxylation is 1. The van der Waals surface area contributed by atoms with Crippen molar-refractivity contribution in [1.82, 2.24) is 16.0 Å². The molecule has 18 heteroatoms. The number of anilines is 2. The van der Waals surface area contributed by atoms with Gasteiger partial charge in [0.25, 0.3) is 5.91 Å². The molecule has 57 heavy (non-hydrogen) atoms. The number of alkyl halides is 3. The molecule has 0 radical (unpaired) electrons. The average molecular weight is 795 g/mol. The smallest absolute Gasteiger partial charge is 0.467 e. The van der Waals surface area contributed by atoms with Gasteiger partial charge in [-0.15, -0.1) is 0 Å². The molecule has 4 amide bonds. The zero-order chi connectivity index (χ0) is 41.7. The highest BCUT2D eigenvalue weighted by Crippen LogP contribution is 2.34. The minimum Gasteiger partial charge on any atom is -0.467 e. The highest BCUT2D eigenvalue weighted by molar-refractivity contribution is 6.11. The maximum Gasteiger partial charge on any atom is 0.471 e. The zero-order valence-electron chi connectivity index (χ0n) is 31.6. The quantitative estimate of drug-likeness (QED) is 0.0149. The number of fused-ring (bicyclic) bond motifs is 3. The molecular weight excluding hydrogens is 747 g/mol. The molecule has 304 valence electrons. The lowest BCUT2D eigenvalue weighted by molar-refractivity contribution is -0.632. The number of ether oxygens (including phenoxy) is 1. The number of hydrogen-bond acceptors (Lipinski definition) is 8. The number of carbonyl (C=O) groups excluding carboxylic acids is 5. The third-order valence-corrected chi connectivity index (χ3v) is 9.00. The highest BCUT2D eigenvalue weighted by Gasteiger charge is 2.38. The standard InChI is InChI=1S/C39H46F3N9O6/c1-51-31-21-25(43)12-14-28(31)27-15-13-26(49-37(56)39(40,41)42)22-29(27)34(51)23-8-6-9-24(20-23)35(54)47-17-5-3-4-11-32(52)46-19-16-33(53)50-30(36(55)57-2)10-7-18-48-38(44)45/h6,8-9,12-15,20-22,30,43H,3-5,7,10-11,16-19H2,1-2H3,(H8,44,45,46,47,48,49,50,52,53,54,56)/p+1. The van der Waals surface area contributed by atoms with Gasteiger partial charge in [-0.3, -0.25) is 24.2 Å². The largest absolute Gasteiger partial charge is 0.471 e. The van der Waals surface area contributed by atoms with Crippen LogP contribution < -0.4 is 43.0 Å². The van der Waals surface area contributed by atoms with E-state index in [9.17, 15) is 37.1 Å². The van der Waals surface area contributed by atoms with Crippen molar-refractivity contribution in [2.75, 3.05) is 37.8 Å². The minimum absolute atomic E-state index is 0.0362. The first-order valence-electron chi connectivity index (χ1n) is 18.2. The summed E-state index contributed by atoms with van der Waals surface area (Å²) in [5.41, 5.74) is 19.4. The molecule has 0 saturated carbocycles. The highest BCUT2D eigenvalue weighted by atomic mass is 19.4. The molecule has 0 bridgehead atoms. The molecular formula is C39H47F3N9O6+. The Morgan fingerprint density at radius 2 is 1.60 bits per heavy atom. The summed E-state index contributed by atoms with van der Waals surface area (Å²) in [5.74, 6) is -3.78. The Bertz CT molecular complexity index is 2160. The van der Waals surface area contributed by atoms with Gasteiger partial charge in [0.2, 0.25) is 23.0 Å². The second kappa shape index (κ2) is 19.9. The Labute approximate surface area is 326 Å². The number of benzene rings is 3. The van der Waals surface area contributed by atoms with Gasteiger partial charge in [0, 0.05) is 66.4 Å². The fourth-order valence-electron chi connectivity index (χ4n) is 6.22. The van der Waals surface area contributed by atoms with Gasteiger partial charge in [-0.05, 0) is 68.1 Å². The first-order valence-corrected chi connectivity index (χ1v) is 18.2. The van der Waals surface area contributed by atoms with Crippen LogP contribution in [0, 0.1) is 0 Å². The molecule has 4 aromatic rings. The lowest BCUT2D eigenvalue weighted by Gasteiger charge is -2.16. The molecule has 0 spiro atoms. The van der Waals surface area contributed by atoms with E-state index in [1.807, 2.05) is 16.0 Å². The van der Waals surface area contributed by atoms with Crippen LogP contribution in [0.25, 0.3) is 32.9 Å². The van der Waals surface area contributed by atoms with Gasteiger partial charge in [0.15, 0.2) is 5.96 Å². The number of hydrogen-bond donors (Lipinski definition) is 7. The summed E-state index contributed by atoms with van der Waals surface area (Å²) in [6.45, 7) is 0.710. The van der Waals surface area contributed by atoms with Crippen LogP contribution in [0.4, 0.5) is 24.5 Å². The Balaban J connectivity index is 1.30. The monoisotopic (exact) mass is 794 g/mol. The third kappa shape index (κ3) is 12.3. The molecule has 1 heterocycles. The van der Waals surface area contributed by atoms with Crippen molar-refractivity contribution in [3.05, 3.63) is 66.2 Å². The van der Waals surface area contributed by atoms with Gasteiger partial charge >= 0.3 is 18.1 Å². The zero-order valence-corrected chi connectivity index (χ0v) is 31.6. The van der Waals surface area contributed by atoms with Crippen LogP contribution in [0.5, 0.6) is 0 Å². The van der Waals surface area contributed by atoms with Gasteiger partial charge in [-0.2, -0.15) is 17.7 Å². The summed E-state index contributed by atoms with van der Waals surface area (Å²) in [4.78, 5) is 65.5. The average Bonchev–Trinajstić information content (AvgIpc) is 3.16. The van der Waals surface area contributed by atoms with Gasteiger partial charge in [0.05, 0.1) is 17.9 Å². The maximum absolute atomic E-state index is 13.2. The Morgan fingerprint density at radius 1 is 0.842 bits per heavy atom. The van der Waals surface area contributed by atoms with Crippen molar-refractivity contribution in [2.24, 2.45) is 23.5 Å². The van der Waals surface area contributed by atoms with Crippen molar-refractivity contribution in [1.29, 1.82) is 0 Å². The summed E-state index contributed by atoms with van der Waals surface area (Å²) in [5, 5.41) is 12.1. The predicted octanol–water partition coefficient (Wildman–Crippen LogP) is 3.08. The molecule has 0 aliphatic heterocycles. The van der Waals surface area contributed by atoms with Gasteiger partial charge in [-0.25, -0.2) is 4.79 Å². The van der Waals surface area contributed by atoms with Gasteiger partial charge < -0.3 is 43.2 Å². The molecule has 3 aromatic carbocycles.